The third kappa shape index (κ3) is 1.56. The van der Waals surface area contributed by atoms with Gasteiger partial charge in [-0.05, 0) is 37.1 Å². The summed E-state index contributed by atoms with van der Waals surface area (Å²) in [7, 11) is 0. The minimum Gasteiger partial charge on any atom is -0.373 e. The van der Waals surface area contributed by atoms with E-state index in [4.69, 9.17) is 16.3 Å². The lowest BCUT2D eigenvalue weighted by molar-refractivity contribution is -0.00698. The minimum atomic E-state index is 0.380. The van der Waals surface area contributed by atoms with E-state index < -0.39 is 0 Å². The van der Waals surface area contributed by atoms with Crippen molar-refractivity contribution < 1.29 is 4.74 Å². The Morgan fingerprint density at radius 3 is 3.19 bits per heavy atom. The van der Waals surface area contributed by atoms with Crippen molar-refractivity contribution in [3.63, 3.8) is 0 Å². The molecule has 0 aliphatic carbocycles. The molecular formula is C13H16ClNO. The van der Waals surface area contributed by atoms with Gasteiger partial charge in [-0.2, -0.15) is 0 Å². The largest absolute Gasteiger partial charge is 0.373 e. The van der Waals surface area contributed by atoms with E-state index in [2.05, 4.69) is 18.3 Å². The predicted octanol–water partition coefficient (Wildman–Crippen LogP) is 2.62. The van der Waals surface area contributed by atoms with Gasteiger partial charge in [0.1, 0.15) is 0 Å². The van der Waals surface area contributed by atoms with Crippen molar-refractivity contribution in [1.82, 2.24) is 5.32 Å². The van der Waals surface area contributed by atoms with Crippen LogP contribution in [-0.4, -0.2) is 19.2 Å². The summed E-state index contributed by atoms with van der Waals surface area (Å²) in [5.41, 5.74) is 3.98. The molecule has 1 fully saturated rings. The molecule has 16 heavy (non-hydrogen) atoms. The fourth-order valence-electron chi connectivity index (χ4n) is 2.93. The van der Waals surface area contributed by atoms with Gasteiger partial charge >= 0.3 is 0 Å². The Labute approximate surface area is 101 Å². The van der Waals surface area contributed by atoms with Gasteiger partial charge in [0.2, 0.25) is 0 Å². The molecular weight excluding hydrogens is 222 g/mol. The smallest absolute Gasteiger partial charge is 0.0738 e. The number of piperidine rings is 1. The van der Waals surface area contributed by atoms with Gasteiger partial charge in [-0.1, -0.05) is 17.7 Å². The number of fused-ring (bicyclic) bond motifs is 3. The third-order valence-corrected chi connectivity index (χ3v) is 4.10. The van der Waals surface area contributed by atoms with Gasteiger partial charge in [-0.3, -0.25) is 0 Å². The quantitative estimate of drug-likeness (QED) is 0.749. The number of hydrogen-bond acceptors (Lipinski definition) is 2. The van der Waals surface area contributed by atoms with Gasteiger partial charge in [0.15, 0.2) is 0 Å². The molecule has 0 aromatic heterocycles. The van der Waals surface area contributed by atoms with E-state index in [0.717, 1.165) is 24.5 Å². The van der Waals surface area contributed by atoms with Crippen LogP contribution in [-0.2, 0) is 11.3 Å². The van der Waals surface area contributed by atoms with E-state index in [0.29, 0.717) is 18.6 Å². The van der Waals surface area contributed by atoms with Crippen LogP contribution in [0.15, 0.2) is 12.1 Å². The molecule has 1 aromatic rings. The molecule has 2 aliphatic heterocycles. The molecule has 0 amide bonds. The maximum absolute atomic E-state index is 6.24. The van der Waals surface area contributed by atoms with Crippen LogP contribution in [0.1, 0.15) is 29.0 Å². The number of rotatable bonds is 0. The number of benzene rings is 1. The second-order valence-electron chi connectivity index (χ2n) is 4.71. The van der Waals surface area contributed by atoms with Crippen molar-refractivity contribution in [3.8, 4) is 0 Å². The predicted molar refractivity (Wildman–Crippen MR) is 65.0 cm³/mol. The summed E-state index contributed by atoms with van der Waals surface area (Å²) in [4.78, 5) is 0. The molecule has 0 saturated carbocycles. The van der Waals surface area contributed by atoms with E-state index in [1.54, 1.807) is 0 Å². The van der Waals surface area contributed by atoms with Gasteiger partial charge in [0.05, 0.1) is 12.7 Å². The maximum Gasteiger partial charge on any atom is 0.0738 e. The molecule has 3 rings (SSSR count). The van der Waals surface area contributed by atoms with E-state index in [1.165, 1.54) is 16.7 Å². The molecule has 1 N–H and O–H groups in total. The van der Waals surface area contributed by atoms with Crippen molar-refractivity contribution >= 4 is 11.6 Å². The lowest BCUT2D eigenvalue weighted by Gasteiger charge is -2.38. The van der Waals surface area contributed by atoms with E-state index in [9.17, 15) is 0 Å². The molecule has 1 saturated heterocycles. The Balaban J connectivity index is 2.10. The van der Waals surface area contributed by atoms with Crippen molar-refractivity contribution in [2.45, 2.75) is 32.0 Å². The first-order chi connectivity index (χ1) is 7.77. The number of nitrogens with one attached hydrogen (secondary N) is 1. The highest BCUT2D eigenvalue weighted by atomic mass is 35.5. The van der Waals surface area contributed by atoms with Crippen molar-refractivity contribution in [2.75, 3.05) is 13.1 Å². The van der Waals surface area contributed by atoms with E-state index >= 15 is 0 Å². The van der Waals surface area contributed by atoms with Gasteiger partial charge in [0, 0.05) is 23.0 Å². The number of halogens is 1. The van der Waals surface area contributed by atoms with Crippen molar-refractivity contribution in [1.29, 1.82) is 0 Å². The average molecular weight is 238 g/mol. The molecule has 0 radical (unpaired) electrons. The molecule has 2 atom stereocenters. The lowest BCUT2D eigenvalue weighted by Crippen LogP contribution is -2.42. The Hall–Kier alpha value is -0.570. The second-order valence-corrected chi connectivity index (χ2v) is 5.11. The normalized spacial score (nSPS) is 28.4. The molecule has 2 unspecified atom stereocenters. The van der Waals surface area contributed by atoms with Gasteiger partial charge < -0.3 is 10.1 Å². The zero-order valence-electron chi connectivity index (χ0n) is 9.42. The maximum atomic E-state index is 6.24. The van der Waals surface area contributed by atoms with Crippen molar-refractivity contribution in [3.05, 3.63) is 33.8 Å². The lowest BCUT2D eigenvalue weighted by atomic mass is 9.82. The Kier molecular flexibility index (Phi) is 2.66. The number of ether oxygens (including phenoxy) is 1. The fourth-order valence-corrected chi connectivity index (χ4v) is 3.15. The van der Waals surface area contributed by atoms with Crippen LogP contribution in [0, 0.1) is 6.92 Å². The number of aryl methyl sites for hydroxylation is 1. The number of hydrogen-bond donors (Lipinski definition) is 1. The summed E-state index contributed by atoms with van der Waals surface area (Å²) in [5, 5.41) is 4.30. The molecule has 86 valence electrons. The van der Waals surface area contributed by atoms with Crippen LogP contribution in [0.25, 0.3) is 0 Å². The molecule has 2 aliphatic rings. The van der Waals surface area contributed by atoms with E-state index in [-0.39, 0.29) is 0 Å². The fraction of sp³-hybridized carbons (Fsp3) is 0.538. The highest BCUT2D eigenvalue weighted by molar-refractivity contribution is 6.31. The summed E-state index contributed by atoms with van der Waals surface area (Å²) in [5.74, 6) is 0.483. The summed E-state index contributed by atoms with van der Waals surface area (Å²) in [6.07, 6.45) is 1.49. The summed E-state index contributed by atoms with van der Waals surface area (Å²) < 4.78 is 5.92. The second kappa shape index (κ2) is 4.02. The Morgan fingerprint density at radius 2 is 2.31 bits per heavy atom. The van der Waals surface area contributed by atoms with Crippen LogP contribution in [0.4, 0.5) is 0 Å². The molecule has 1 aromatic carbocycles. The highest BCUT2D eigenvalue weighted by Gasteiger charge is 2.34. The Bertz CT molecular complexity index is 419. The first kappa shape index (κ1) is 10.6. The zero-order chi connectivity index (χ0) is 11.1. The van der Waals surface area contributed by atoms with Crippen LogP contribution in [0.3, 0.4) is 0 Å². The standard InChI is InChI=1S/C13H16ClNO/c1-8-2-3-11(14)10-7-16-12-4-5-15-6-9(12)13(8)10/h2-3,9,12,15H,4-7H2,1H3. The monoisotopic (exact) mass is 237 g/mol. The zero-order valence-corrected chi connectivity index (χ0v) is 10.2. The molecule has 2 nitrogen and oxygen atoms in total. The SMILES string of the molecule is Cc1ccc(Cl)c2c1C1CNCCC1OC2. The van der Waals surface area contributed by atoms with Gasteiger partial charge in [-0.25, -0.2) is 0 Å². The first-order valence-electron chi connectivity index (χ1n) is 5.87. The van der Waals surface area contributed by atoms with E-state index in [1.807, 2.05) is 6.07 Å². The topological polar surface area (TPSA) is 21.3 Å². The van der Waals surface area contributed by atoms with Crippen LogP contribution >= 0.6 is 11.6 Å². The van der Waals surface area contributed by atoms with Crippen LogP contribution in [0.5, 0.6) is 0 Å². The third-order valence-electron chi connectivity index (χ3n) is 3.75. The van der Waals surface area contributed by atoms with Crippen LogP contribution in [0.2, 0.25) is 5.02 Å². The summed E-state index contributed by atoms with van der Waals surface area (Å²) >= 11 is 6.24. The average Bonchev–Trinajstić information content (AvgIpc) is 2.33. The molecule has 3 heteroatoms. The summed E-state index contributed by atoms with van der Waals surface area (Å²) in [6.45, 7) is 4.93. The van der Waals surface area contributed by atoms with Crippen molar-refractivity contribution in [2.24, 2.45) is 0 Å². The summed E-state index contributed by atoms with van der Waals surface area (Å²) in [6, 6.07) is 4.10. The molecule has 0 bridgehead atoms. The Morgan fingerprint density at radius 1 is 1.44 bits per heavy atom. The highest BCUT2D eigenvalue weighted by Crippen LogP contribution is 2.39. The first-order valence-corrected chi connectivity index (χ1v) is 6.25. The van der Waals surface area contributed by atoms with Gasteiger partial charge in [-0.15, -0.1) is 0 Å². The minimum absolute atomic E-state index is 0.380. The van der Waals surface area contributed by atoms with Crippen LogP contribution < -0.4 is 5.32 Å². The molecule has 0 spiro atoms. The van der Waals surface area contributed by atoms with Gasteiger partial charge in [0.25, 0.3) is 0 Å². The molecule has 2 heterocycles.